The molecule has 0 unspecified atom stereocenters. The van der Waals surface area contributed by atoms with Crippen LogP contribution in [0.1, 0.15) is 18.1 Å². The van der Waals surface area contributed by atoms with E-state index >= 15 is 0 Å². The van der Waals surface area contributed by atoms with Crippen LogP contribution in [-0.4, -0.2) is 0 Å². The van der Waals surface area contributed by atoms with Gasteiger partial charge in [-0.2, -0.15) is 0 Å². The van der Waals surface area contributed by atoms with Crippen LogP contribution < -0.4 is 0 Å². The van der Waals surface area contributed by atoms with Crippen molar-refractivity contribution in [3.05, 3.63) is 59.7 Å². The molecular weight excluding hydrogens is 212 g/mol. The predicted octanol–water partition coefficient (Wildman–Crippen LogP) is 4.71. The quantitative estimate of drug-likeness (QED) is 0.733. The fourth-order valence-electron chi connectivity index (χ4n) is 1.63. The van der Waals surface area contributed by atoms with Crippen molar-refractivity contribution in [2.75, 3.05) is 0 Å². The molecule has 0 atom stereocenters. The number of rotatable bonds is 3. The molecule has 0 amide bonds. The molecule has 16 heavy (non-hydrogen) atoms. The summed E-state index contributed by atoms with van der Waals surface area (Å²) in [5.41, 5.74) is 2.74. The Morgan fingerprint density at radius 2 is 1.62 bits per heavy atom. The lowest BCUT2D eigenvalue weighted by molar-refractivity contribution is 1.08. The lowest BCUT2D eigenvalue weighted by Crippen LogP contribution is -1.84. The van der Waals surface area contributed by atoms with Crippen LogP contribution in [-0.2, 0) is 6.42 Å². The number of hydrogen-bond acceptors (Lipinski definition) is 1. The first-order valence-electron chi connectivity index (χ1n) is 5.62. The highest BCUT2D eigenvalue weighted by atomic mass is 32.2. The van der Waals surface area contributed by atoms with Crippen molar-refractivity contribution >= 4 is 11.8 Å². The molecule has 82 valence electrons. The Labute approximate surface area is 102 Å². The molecule has 1 heteroatoms. The number of benzene rings is 2. The van der Waals surface area contributed by atoms with Crippen molar-refractivity contribution < 1.29 is 0 Å². The van der Waals surface area contributed by atoms with Crippen molar-refractivity contribution in [3.8, 4) is 0 Å². The molecule has 0 spiro atoms. The van der Waals surface area contributed by atoms with E-state index in [4.69, 9.17) is 0 Å². The van der Waals surface area contributed by atoms with Gasteiger partial charge in [0.2, 0.25) is 0 Å². The second-order valence-electron chi connectivity index (χ2n) is 3.88. The van der Waals surface area contributed by atoms with Gasteiger partial charge < -0.3 is 0 Å². The molecule has 0 aromatic heterocycles. The van der Waals surface area contributed by atoms with Crippen LogP contribution in [0.4, 0.5) is 0 Å². The average molecular weight is 228 g/mol. The van der Waals surface area contributed by atoms with Gasteiger partial charge in [-0.15, -0.1) is 0 Å². The predicted molar refractivity (Wildman–Crippen MR) is 71.1 cm³/mol. The summed E-state index contributed by atoms with van der Waals surface area (Å²) >= 11 is 1.85. The van der Waals surface area contributed by atoms with Gasteiger partial charge in [-0.1, -0.05) is 54.6 Å². The summed E-state index contributed by atoms with van der Waals surface area (Å²) in [6.45, 7) is 4.32. The molecule has 0 aliphatic heterocycles. The lowest BCUT2D eigenvalue weighted by Gasteiger charge is -2.07. The van der Waals surface area contributed by atoms with E-state index in [1.54, 1.807) is 0 Å². The zero-order valence-corrected chi connectivity index (χ0v) is 10.6. The van der Waals surface area contributed by atoms with Crippen molar-refractivity contribution in [3.63, 3.8) is 0 Å². The van der Waals surface area contributed by atoms with Crippen LogP contribution >= 0.6 is 11.8 Å². The van der Waals surface area contributed by atoms with Crippen molar-refractivity contribution in [1.82, 2.24) is 0 Å². The fourth-order valence-corrected chi connectivity index (χ4v) is 2.64. The van der Waals surface area contributed by atoms with Crippen molar-refractivity contribution in [2.45, 2.75) is 30.1 Å². The highest BCUT2D eigenvalue weighted by molar-refractivity contribution is 7.99. The molecule has 2 rings (SSSR count). The molecule has 2 aromatic carbocycles. The van der Waals surface area contributed by atoms with E-state index in [1.165, 1.54) is 20.9 Å². The van der Waals surface area contributed by atoms with Crippen molar-refractivity contribution in [2.24, 2.45) is 0 Å². The SMILES string of the molecule is CCc1ccccc1Sc1ccc(C)cc1. The van der Waals surface area contributed by atoms with E-state index < -0.39 is 0 Å². The Balaban J connectivity index is 2.23. The summed E-state index contributed by atoms with van der Waals surface area (Å²) in [6, 6.07) is 17.3. The van der Waals surface area contributed by atoms with Crippen LogP contribution in [0.3, 0.4) is 0 Å². The zero-order chi connectivity index (χ0) is 11.4. The summed E-state index contributed by atoms with van der Waals surface area (Å²) < 4.78 is 0. The van der Waals surface area contributed by atoms with Crippen molar-refractivity contribution in [1.29, 1.82) is 0 Å². The van der Waals surface area contributed by atoms with Gasteiger partial charge >= 0.3 is 0 Å². The molecular formula is C15H16S. The lowest BCUT2D eigenvalue weighted by atomic mass is 10.2. The first kappa shape index (κ1) is 11.3. The molecule has 0 bridgehead atoms. The first-order chi connectivity index (χ1) is 7.79. The number of aryl methyl sites for hydroxylation is 2. The third-order valence-corrected chi connectivity index (χ3v) is 3.73. The summed E-state index contributed by atoms with van der Waals surface area (Å²) in [7, 11) is 0. The molecule has 0 heterocycles. The number of hydrogen-bond donors (Lipinski definition) is 0. The molecule has 0 saturated carbocycles. The largest absolute Gasteiger partial charge is 0.0898 e. The Hall–Kier alpha value is -1.21. The zero-order valence-electron chi connectivity index (χ0n) is 9.73. The molecule has 0 radical (unpaired) electrons. The molecule has 0 fully saturated rings. The summed E-state index contributed by atoms with van der Waals surface area (Å²) in [4.78, 5) is 2.68. The molecule has 0 aliphatic rings. The third-order valence-electron chi connectivity index (χ3n) is 2.60. The van der Waals surface area contributed by atoms with Gasteiger partial charge in [0.25, 0.3) is 0 Å². The minimum absolute atomic E-state index is 1.09. The van der Waals surface area contributed by atoms with Gasteiger partial charge in [-0.3, -0.25) is 0 Å². The van der Waals surface area contributed by atoms with E-state index in [0.717, 1.165) is 6.42 Å². The Bertz CT molecular complexity index is 457. The van der Waals surface area contributed by atoms with E-state index in [0.29, 0.717) is 0 Å². The minimum Gasteiger partial charge on any atom is -0.0898 e. The van der Waals surface area contributed by atoms with Crippen LogP contribution in [0.5, 0.6) is 0 Å². The van der Waals surface area contributed by atoms with Gasteiger partial charge in [0.15, 0.2) is 0 Å². The van der Waals surface area contributed by atoms with E-state index in [2.05, 4.69) is 62.4 Å². The van der Waals surface area contributed by atoms with Gasteiger partial charge in [0.05, 0.1) is 0 Å². The summed E-state index contributed by atoms with van der Waals surface area (Å²) in [5.74, 6) is 0. The normalized spacial score (nSPS) is 10.4. The van der Waals surface area contributed by atoms with Gasteiger partial charge in [0.1, 0.15) is 0 Å². The Morgan fingerprint density at radius 1 is 0.938 bits per heavy atom. The first-order valence-corrected chi connectivity index (χ1v) is 6.43. The van der Waals surface area contributed by atoms with Crippen LogP contribution in [0.15, 0.2) is 58.3 Å². The average Bonchev–Trinajstić information content (AvgIpc) is 2.33. The summed E-state index contributed by atoms with van der Waals surface area (Å²) in [6.07, 6.45) is 1.09. The van der Waals surface area contributed by atoms with E-state index in [9.17, 15) is 0 Å². The summed E-state index contributed by atoms with van der Waals surface area (Å²) in [5, 5.41) is 0. The fraction of sp³-hybridized carbons (Fsp3) is 0.200. The van der Waals surface area contributed by atoms with Crippen LogP contribution in [0.2, 0.25) is 0 Å². The van der Waals surface area contributed by atoms with Crippen LogP contribution in [0.25, 0.3) is 0 Å². The third kappa shape index (κ3) is 2.67. The maximum atomic E-state index is 2.20. The second-order valence-corrected chi connectivity index (χ2v) is 4.99. The molecule has 0 aliphatic carbocycles. The topological polar surface area (TPSA) is 0 Å². The standard InChI is InChI=1S/C15H16S/c1-3-13-6-4-5-7-15(13)16-14-10-8-12(2)9-11-14/h4-11H,3H2,1-2H3. The highest BCUT2D eigenvalue weighted by Crippen LogP contribution is 2.30. The second kappa shape index (κ2) is 5.22. The van der Waals surface area contributed by atoms with E-state index in [1.807, 2.05) is 11.8 Å². The molecule has 0 saturated heterocycles. The maximum Gasteiger partial charge on any atom is 0.0154 e. The minimum atomic E-state index is 1.09. The van der Waals surface area contributed by atoms with Gasteiger partial charge in [0, 0.05) is 9.79 Å². The Morgan fingerprint density at radius 3 is 2.31 bits per heavy atom. The highest BCUT2D eigenvalue weighted by Gasteiger charge is 2.01. The molecule has 0 N–H and O–H groups in total. The maximum absolute atomic E-state index is 2.20. The monoisotopic (exact) mass is 228 g/mol. The molecule has 2 aromatic rings. The van der Waals surface area contributed by atoms with Crippen LogP contribution in [0, 0.1) is 6.92 Å². The van der Waals surface area contributed by atoms with E-state index in [-0.39, 0.29) is 0 Å². The van der Waals surface area contributed by atoms with Gasteiger partial charge in [-0.05, 0) is 37.1 Å². The van der Waals surface area contributed by atoms with Gasteiger partial charge in [-0.25, -0.2) is 0 Å². The smallest absolute Gasteiger partial charge is 0.0154 e. The molecule has 0 nitrogen and oxygen atoms in total. The Kier molecular flexibility index (Phi) is 3.68.